The molecule has 0 bridgehead atoms. The number of hydrogen-bond donors (Lipinski definition) is 0. The molecular formula is C16H38O4Si2. The first-order chi connectivity index (χ1) is 10.4. The van der Waals surface area contributed by atoms with Crippen molar-refractivity contribution in [2.45, 2.75) is 78.6 Å². The Morgan fingerprint density at radius 2 is 1.18 bits per heavy atom. The molecular weight excluding hydrogens is 312 g/mol. The molecule has 0 amide bonds. The normalized spacial score (nSPS) is 14.3. The molecule has 0 aromatic heterocycles. The third kappa shape index (κ3) is 8.22. The molecule has 0 N–H and O–H groups in total. The van der Waals surface area contributed by atoms with Crippen LogP contribution in [0.5, 0.6) is 0 Å². The molecule has 0 aliphatic carbocycles. The quantitative estimate of drug-likeness (QED) is 0.332. The molecule has 1 atom stereocenters. The Bertz CT molecular complexity index is 265. The van der Waals surface area contributed by atoms with Gasteiger partial charge in [0.1, 0.15) is 0 Å². The predicted molar refractivity (Wildman–Crippen MR) is 97.8 cm³/mol. The number of hydrogen-bond acceptors (Lipinski definition) is 4. The summed E-state index contributed by atoms with van der Waals surface area (Å²) in [5, 5.41) is 0. The Hall–Kier alpha value is 0.274. The fourth-order valence-electron chi connectivity index (χ4n) is 2.85. The van der Waals surface area contributed by atoms with Gasteiger partial charge in [0, 0.05) is 26.4 Å². The molecule has 0 saturated carbocycles. The van der Waals surface area contributed by atoms with Crippen LogP contribution < -0.4 is 0 Å². The number of unbranched alkanes of at least 4 members (excludes halogenated alkanes) is 1. The molecule has 4 nitrogen and oxygen atoms in total. The summed E-state index contributed by atoms with van der Waals surface area (Å²) in [6.45, 7) is 17.8. The summed E-state index contributed by atoms with van der Waals surface area (Å²) in [5.41, 5.74) is 0.513. The van der Waals surface area contributed by atoms with Crippen LogP contribution in [0.2, 0.25) is 24.7 Å². The fourth-order valence-corrected chi connectivity index (χ4v) is 7.87. The van der Waals surface area contributed by atoms with E-state index in [9.17, 15) is 0 Å². The predicted octanol–water partition coefficient (Wildman–Crippen LogP) is 4.84. The molecule has 0 rings (SSSR count). The van der Waals surface area contributed by atoms with Crippen molar-refractivity contribution >= 4 is 17.1 Å². The van der Waals surface area contributed by atoms with Crippen molar-refractivity contribution in [1.82, 2.24) is 0 Å². The topological polar surface area (TPSA) is 36.9 Å². The molecule has 22 heavy (non-hydrogen) atoms. The van der Waals surface area contributed by atoms with E-state index in [0.29, 0.717) is 5.54 Å². The highest BCUT2D eigenvalue weighted by Crippen LogP contribution is 2.30. The van der Waals surface area contributed by atoms with E-state index in [1.54, 1.807) is 0 Å². The van der Waals surface area contributed by atoms with Gasteiger partial charge in [-0.3, -0.25) is 0 Å². The highest BCUT2D eigenvalue weighted by Gasteiger charge is 2.37. The van der Waals surface area contributed by atoms with Crippen LogP contribution in [0.15, 0.2) is 0 Å². The lowest BCUT2D eigenvalue weighted by Gasteiger charge is -2.32. The van der Waals surface area contributed by atoms with Crippen molar-refractivity contribution in [3.63, 3.8) is 0 Å². The molecule has 0 heterocycles. The summed E-state index contributed by atoms with van der Waals surface area (Å²) in [6, 6.07) is 1.07. The molecule has 134 valence electrons. The Balaban J connectivity index is 4.26. The third-order valence-electron chi connectivity index (χ3n) is 4.17. The molecule has 0 spiro atoms. The lowest BCUT2D eigenvalue weighted by atomic mass is 10.2. The zero-order valence-corrected chi connectivity index (χ0v) is 17.9. The highest BCUT2D eigenvalue weighted by atomic mass is 28.4. The molecule has 0 saturated heterocycles. The zero-order valence-electron chi connectivity index (χ0n) is 15.9. The summed E-state index contributed by atoms with van der Waals surface area (Å²) in [6.07, 6.45) is 3.51. The maximum Gasteiger partial charge on any atom is 0.337 e. The zero-order chi connectivity index (χ0) is 17.1. The van der Waals surface area contributed by atoms with E-state index in [0.717, 1.165) is 45.3 Å². The molecule has 0 aliphatic heterocycles. The van der Waals surface area contributed by atoms with Gasteiger partial charge >= 0.3 is 17.1 Å². The monoisotopic (exact) mass is 350 g/mol. The van der Waals surface area contributed by atoms with Gasteiger partial charge in [-0.05, 0) is 58.8 Å². The van der Waals surface area contributed by atoms with Crippen LogP contribution >= 0.6 is 0 Å². The first-order valence-electron chi connectivity index (χ1n) is 8.93. The standard InChI is InChI=1S/C16H38O4Si2/c1-8-17-21(6,18-9-2)15-13-12-14-16(5)22(7,19-10-3)20-11-4/h16H,8-15H2,1-7H3. The van der Waals surface area contributed by atoms with Crippen LogP contribution in [-0.2, 0) is 17.7 Å². The summed E-state index contributed by atoms with van der Waals surface area (Å²) < 4.78 is 23.8. The molecule has 6 heteroatoms. The second-order valence-electron chi connectivity index (χ2n) is 6.03. The maximum atomic E-state index is 5.98. The van der Waals surface area contributed by atoms with Gasteiger partial charge in [0.05, 0.1) is 0 Å². The summed E-state index contributed by atoms with van der Waals surface area (Å²) >= 11 is 0. The minimum atomic E-state index is -2.03. The van der Waals surface area contributed by atoms with Crippen molar-refractivity contribution < 1.29 is 17.7 Å². The van der Waals surface area contributed by atoms with Gasteiger partial charge < -0.3 is 17.7 Å². The van der Waals surface area contributed by atoms with Crippen LogP contribution in [0.3, 0.4) is 0 Å². The van der Waals surface area contributed by atoms with Crippen molar-refractivity contribution in [1.29, 1.82) is 0 Å². The second-order valence-corrected chi connectivity index (χ2v) is 13.0. The van der Waals surface area contributed by atoms with E-state index >= 15 is 0 Å². The van der Waals surface area contributed by atoms with E-state index in [1.165, 1.54) is 6.42 Å². The lowest BCUT2D eigenvalue weighted by Crippen LogP contribution is -2.43. The van der Waals surface area contributed by atoms with Crippen LogP contribution in [0.25, 0.3) is 0 Å². The van der Waals surface area contributed by atoms with Gasteiger partial charge in [0.2, 0.25) is 0 Å². The van der Waals surface area contributed by atoms with Gasteiger partial charge in [-0.1, -0.05) is 19.8 Å². The smallest absolute Gasteiger partial charge is 0.337 e. The summed E-state index contributed by atoms with van der Waals surface area (Å²) in [7, 11) is -3.98. The summed E-state index contributed by atoms with van der Waals surface area (Å²) in [4.78, 5) is 0. The first-order valence-corrected chi connectivity index (χ1v) is 13.8. The van der Waals surface area contributed by atoms with Crippen molar-refractivity contribution in [3.05, 3.63) is 0 Å². The van der Waals surface area contributed by atoms with Crippen LogP contribution in [-0.4, -0.2) is 43.5 Å². The van der Waals surface area contributed by atoms with E-state index in [2.05, 4.69) is 33.9 Å². The average molecular weight is 351 g/mol. The molecule has 0 aromatic carbocycles. The Labute approximate surface area is 140 Å². The SMILES string of the molecule is CCO[Si](C)(CCCCC(C)[Si](C)(OCC)OCC)OCC. The van der Waals surface area contributed by atoms with Crippen molar-refractivity contribution in [2.75, 3.05) is 26.4 Å². The van der Waals surface area contributed by atoms with E-state index in [4.69, 9.17) is 17.7 Å². The van der Waals surface area contributed by atoms with Gasteiger partial charge in [0.15, 0.2) is 0 Å². The van der Waals surface area contributed by atoms with Gasteiger partial charge in [-0.25, -0.2) is 0 Å². The van der Waals surface area contributed by atoms with E-state index in [1.807, 2.05) is 13.8 Å². The van der Waals surface area contributed by atoms with Crippen molar-refractivity contribution in [2.24, 2.45) is 0 Å². The Morgan fingerprint density at radius 1 is 0.727 bits per heavy atom. The maximum absolute atomic E-state index is 5.98. The number of rotatable bonds is 14. The van der Waals surface area contributed by atoms with Gasteiger partial charge in [0.25, 0.3) is 0 Å². The van der Waals surface area contributed by atoms with Gasteiger partial charge in [-0.15, -0.1) is 0 Å². The Morgan fingerprint density at radius 3 is 1.59 bits per heavy atom. The third-order valence-corrected chi connectivity index (χ3v) is 11.0. The van der Waals surface area contributed by atoms with E-state index in [-0.39, 0.29) is 0 Å². The molecule has 0 aromatic rings. The Kier molecular flexibility index (Phi) is 11.9. The second kappa shape index (κ2) is 11.8. The van der Waals surface area contributed by atoms with Crippen molar-refractivity contribution in [3.8, 4) is 0 Å². The van der Waals surface area contributed by atoms with Crippen LogP contribution in [0.4, 0.5) is 0 Å². The lowest BCUT2D eigenvalue weighted by molar-refractivity contribution is 0.178. The minimum absolute atomic E-state index is 0.513. The van der Waals surface area contributed by atoms with Gasteiger partial charge in [-0.2, -0.15) is 0 Å². The van der Waals surface area contributed by atoms with Crippen LogP contribution in [0.1, 0.15) is 53.9 Å². The molecule has 0 fully saturated rings. The summed E-state index contributed by atoms with van der Waals surface area (Å²) in [5.74, 6) is 0. The minimum Gasteiger partial charge on any atom is -0.395 e. The highest BCUT2D eigenvalue weighted by molar-refractivity contribution is 6.67. The van der Waals surface area contributed by atoms with Crippen LogP contribution in [0, 0.1) is 0 Å². The molecule has 1 unspecified atom stereocenters. The average Bonchev–Trinajstić information content (AvgIpc) is 2.44. The largest absolute Gasteiger partial charge is 0.395 e. The molecule has 0 aliphatic rings. The first kappa shape index (κ1) is 22.3. The van der Waals surface area contributed by atoms with E-state index < -0.39 is 17.1 Å². The molecule has 0 radical (unpaired) electrons. The fraction of sp³-hybridized carbons (Fsp3) is 1.00.